The van der Waals surface area contributed by atoms with Gasteiger partial charge in [-0.15, -0.1) is 6.42 Å². The van der Waals surface area contributed by atoms with Gasteiger partial charge in [0.2, 0.25) is 0 Å². The van der Waals surface area contributed by atoms with Gasteiger partial charge in [0.1, 0.15) is 6.61 Å². The SMILES string of the molecule is C#CCOC1CCCC(C(=O)O)C1. The summed E-state index contributed by atoms with van der Waals surface area (Å²) in [5, 5.41) is 8.79. The summed E-state index contributed by atoms with van der Waals surface area (Å²) < 4.78 is 5.31. The second-order valence-electron chi connectivity index (χ2n) is 3.34. The number of terminal acetylenes is 1. The molecule has 0 aliphatic heterocycles. The van der Waals surface area contributed by atoms with Crippen LogP contribution in [-0.4, -0.2) is 23.8 Å². The van der Waals surface area contributed by atoms with E-state index in [1.54, 1.807) is 0 Å². The van der Waals surface area contributed by atoms with Crippen molar-refractivity contribution in [3.05, 3.63) is 0 Å². The average molecular weight is 182 g/mol. The van der Waals surface area contributed by atoms with Gasteiger partial charge in [-0.1, -0.05) is 12.3 Å². The molecular weight excluding hydrogens is 168 g/mol. The molecule has 0 aromatic heterocycles. The van der Waals surface area contributed by atoms with E-state index in [0.29, 0.717) is 6.42 Å². The summed E-state index contributed by atoms with van der Waals surface area (Å²) in [7, 11) is 0. The van der Waals surface area contributed by atoms with Crippen molar-refractivity contribution in [2.75, 3.05) is 6.61 Å². The van der Waals surface area contributed by atoms with Gasteiger partial charge in [0, 0.05) is 0 Å². The van der Waals surface area contributed by atoms with Crippen molar-refractivity contribution in [2.24, 2.45) is 5.92 Å². The Bertz CT molecular complexity index is 217. The lowest BCUT2D eigenvalue weighted by Gasteiger charge is -2.25. The van der Waals surface area contributed by atoms with Gasteiger partial charge in [0.25, 0.3) is 0 Å². The summed E-state index contributed by atoms with van der Waals surface area (Å²) in [6.07, 6.45) is 8.33. The summed E-state index contributed by atoms with van der Waals surface area (Å²) in [5.74, 6) is 1.44. The van der Waals surface area contributed by atoms with Gasteiger partial charge >= 0.3 is 5.97 Å². The van der Waals surface area contributed by atoms with E-state index in [1.807, 2.05) is 0 Å². The average Bonchev–Trinajstić information content (AvgIpc) is 2.15. The molecule has 1 fully saturated rings. The number of aliphatic carboxylic acids is 1. The van der Waals surface area contributed by atoms with Crippen LogP contribution in [0.2, 0.25) is 0 Å². The van der Waals surface area contributed by atoms with Crippen LogP contribution in [0.15, 0.2) is 0 Å². The van der Waals surface area contributed by atoms with E-state index < -0.39 is 5.97 Å². The van der Waals surface area contributed by atoms with Crippen molar-refractivity contribution in [1.82, 2.24) is 0 Å². The maximum absolute atomic E-state index is 10.7. The summed E-state index contributed by atoms with van der Waals surface area (Å²) in [4.78, 5) is 10.7. The number of carboxylic acid groups (broad SMARTS) is 1. The van der Waals surface area contributed by atoms with Gasteiger partial charge in [0.05, 0.1) is 12.0 Å². The lowest BCUT2D eigenvalue weighted by molar-refractivity contribution is -0.144. The quantitative estimate of drug-likeness (QED) is 0.669. The van der Waals surface area contributed by atoms with Crippen LogP contribution >= 0.6 is 0 Å². The molecule has 13 heavy (non-hydrogen) atoms. The van der Waals surface area contributed by atoms with Gasteiger partial charge in [-0.3, -0.25) is 4.79 Å². The highest BCUT2D eigenvalue weighted by atomic mass is 16.5. The van der Waals surface area contributed by atoms with Crippen molar-refractivity contribution in [3.8, 4) is 12.3 Å². The maximum Gasteiger partial charge on any atom is 0.306 e. The number of hydrogen-bond donors (Lipinski definition) is 1. The molecule has 0 heterocycles. The van der Waals surface area contributed by atoms with Crippen molar-refractivity contribution >= 4 is 5.97 Å². The lowest BCUT2D eigenvalue weighted by atomic mass is 9.87. The van der Waals surface area contributed by atoms with E-state index in [0.717, 1.165) is 19.3 Å². The molecule has 3 nitrogen and oxygen atoms in total. The highest BCUT2D eigenvalue weighted by Crippen LogP contribution is 2.26. The van der Waals surface area contributed by atoms with E-state index in [2.05, 4.69) is 5.92 Å². The Morgan fingerprint density at radius 3 is 3.00 bits per heavy atom. The molecule has 3 heteroatoms. The zero-order valence-corrected chi connectivity index (χ0v) is 7.53. The predicted octanol–water partition coefficient (Wildman–Crippen LogP) is 1.28. The summed E-state index contributed by atoms with van der Waals surface area (Å²) in [6, 6.07) is 0. The molecule has 0 saturated heterocycles. The van der Waals surface area contributed by atoms with Crippen LogP contribution in [0.4, 0.5) is 0 Å². The maximum atomic E-state index is 10.7. The summed E-state index contributed by atoms with van der Waals surface area (Å²) in [6.45, 7) is 0.289. The molecule has 1 N–H and O–H groups in total. The number of hydrogen-bond acceptors (Lipinski definition) is 2. The van der Waals surface area contributed by atoms with E-state index in [-0.39, 0.29) is 18.6 Å². The zero-order chi connectivity index (χ0) is 9.68. The van der Waals surface area contributed by atoms with Crippen LogP contribution < -0.4 is 0 Å². The molecule has 0 spiro atoms. The highest BCUT2D eigenvalue weighted by molar-refractivity contribution is 5.70. The van der Waals surface area contributed by atoms with Gasteiger partial charge in [-0.05, 0) is 19.3 Å². The number of rotatable bonds is 3. The van der Waals surface area contributed by atoms with Gasteiger partial charge < -0.3 is 9.84 Å². The van der Waals surface area contributed by atoms with Gasteiger partial charge in [-0.2, -0.15) is 0 Å². The molecule has 1 aliphatic rings. The Morgan fingerprint density at radius 2 is 2.38 bits per heavy atom. The first-order chi connectivity index (χ1) is 6.24. The number of carbonyl (C=O) groups is 1. The Kier molecular flexibility index (Phi) is 3.78. The minimum atomic E-state index is -0.714. The molecule has 0 aromatic carbocycles. The standard InChI is InChI=1S/C10H14O3/c1-2-6-13-9-5-3-4-8(7-9)10(11)12/h1,8-9H,3-7H2,(H,11,12). The molecular formula is C10H14O3. The number of carboxylic acids is 1. The topological polar surface area (TPSA) is 46.5 Å². The normalized spacial score (nSPS) is 27.9. The van der Waals surface area contributed by atoms with Crippen molar-refractivity contribution in [3.63, 3.8) is 0 Å². The Labute approximate surface area is 78.1 Å². The third-order valence-corrected chi connectivity index (χ3v) is 2.38. The van der Waals surface area contributed by atoms with Crippen molar-refractivity contribution in [1.29, 1.82) is 0 Å². The fraction of sp³-hybridized carbons (Fsp3) is 0.700. The van der Waals surface area contributed by atoms with E-state index in [4.69, 9.17) is 16.3 Å². The summed E-state index contributed by atoms with van der Waals surface area (Å²) in [5.41, 5.74) is 0. The monoisotopic (exact) mass is 182 g/mol. The van der Waals surface area contributed by atoms with Crippen LogP contribution in [0.1, 0.15) is 25.7 Å². The van der Waals surface area contributed by atoms with Crippen LogP contribution in [0.5, 0.6) is 0 Å². The highest BCUT2D eigenvalue weighted by Gasteiger charge is 2.26. The molecule has 1 saturated carbocycles. The molecule has 1 aliphatic carbocycles. The molecule has 0 aromatic rings. The molecule has 2 unspecified atom stereocenters. The van der Waals surface area contributed by atoms with Crippen molar-refractivity contribution < 1.29 is 14.6 Å². The fourth-order valence-electron chi connectivity index (χ4n) is 1.69. The first-order valence-electron chi connectivity index (χ1n) is 4.52. The second-order valence-corrected chi connectivity index (χ2v) is 3.34. The third-order valence-electron chi connectivity index (χ3n) is 2.38. The second kappa shape index (κ2) is 4.88. The van der Waals surface area contributed by atoms with Crippen molar-refractivity contribution in [2.45, 2.75) is 31.8 Å². The Balaban J connectivity index is 2.34. The van der Waals surface area contributed by atoms with E-state index in [9.17, 15) is 4.79 Å². The number of ether oxygens (including phenoxy) is 1. The lowest BCUT2D eigenvalue weighted by Crippen LogP contribution is -2.27. The minimum Gasteiger partial charge on any atom is -0.481 e. The Hall–Kier alpha value is -1.01. The molecule has 0 amide bonds. The molecule has 1 rings (SSSR count). The first kappa shape index (κ1) is 10.1. The third kappa shape index (κ3) is 3.08. The zero-order valence-electron chi connectivity index (χ0n) is 7.53. The Morgan fingerprint density at radius 1 is 1.62 bits per heavy atom. The molecule has 2 atom stereocenters. The van der Waals surface area contributed by atoms with Crippen LogP contribution in [0, 0.1) is 18.3 Å². The molecule has 0 bridgehead atoms. The van der Waals surface area contributed by atoms with E-state index >= 15 is 0 Å². The van der Waals surface area contributed by atoms with Crippen LogP contribution in [0.25, 0.3) is 0 Å². The molecule has 72 valence electrons. The first-order valence-corrected chi connectivity index (χ1v) is 4.52. The van der Waals surface area contributed by atoms with Crippen LogP contribution in [0.3, 0.4) is 0 Å². The molecule has 0 radical (unpaired) electrons. The fourth-order valence-corrected chi connectivity index (χ4v) is 1.69. The van der Waals surface area contributed by atoms with Gasteiger partial charge in [0.15, 0.2) is 0 Å². The predicted molar refractivity (Wildman–Crippen MR) is 48.2 cm³/mol. The van der Waals surface area contributed by atoms with E-state index in [1.165, 1.54) is 0 Å². The smallest absolute Gasteiger partial charge is 0.306 e. The van der Waals surface area contributed by atoms with Gasteiger partial charge in [-0.25, -0.2) is 0 Å². The summed E-state index contributed by atoms with van der Waals surface area (Å²) >= 11 is 0. The minimum absolute atomic E-state index is 0.0471. The largest absolute Gasteiger partial charge is 0.481 e. The van der Waals surface area contributed by atoms with Crippen LogP contribution in [-0.2, 0) is 9.53 Å².